The van der Waals surface area contributed by atoms with Crippen LogP contribution in [0.15, 0.2) is 76.8 Å². The zero-order chi connectivity index (χ0) is 25.0. The number of ether oxygens (including phenoxy) is 1. The van der Waals surface area contributed by atoms with E-state index in [0.29, 0.717) is 29.3 Å². The number of rotatable bonds is 7. The van der Waals surface area contributed by atoms with E-state index >= 15 is 0 Å². The van der Waals surface area contributed by atoms with Crippen LogP contribution in [-0.4, -0.2) is 24.1 Å². The van der Waals surface area contributed by atoms with Gasteiger partial charge in [-0.2, -0.15) is 0 Å². The minimum atomic E-state index is -0.192. The zero-order valence-corrected chi connectivity index (χ0v) is 20.3. The molecule has 2 aromatic carbocycles. The molecule has 0 bridgehead atoms. The molecule has 7 nitrogen and oxygen atoms in total. The fraction of sp³-hybridized carbons (Fsp3) is 0.250. The highest BCUT2D eigenvalue weighted by atomic mass is 16.5. The van der Waals surface area contributed by atoms with Crippen LogP contribution in [0.5, 0.6) is 5.75 Å². The van der Waals surface area contributed by atoms with Crippen LogP contribution in [0, 0.1) is 0 Å². The Labute approximate surface area is 204 Å². The molecular formula is C28H29N3O4. The summed E-state index contributed by atoms with van der Waals surface area (Å²) in [6.45, 7) is 6.04. The Morgan fingerprint density at radius 3 is 2.49 bits per heavy atom. The van der Waals surface area contributed by atoms with Crippen LogP contribution < -0.4 is 15.4 Å². The molecule has 3 aromatic rings. The second-order valence-corrected chi connectivity index (χ2v) is 9.49. The smallest absolute Gasteiger partial charge is 0.251 e. The molecule has 0 saturated carbocycles. The van der Waals surface area contributed by atoms with Crippen LogP contribution in [-0.2, 0) is 21.4 Å². The first-order valence-electron chi connectivity index (χ1n) is 11.4. The third-order valence-electron chi connectivity index (χ3n) is 5.69. The molecule has 35 heavy (non-hydrogen) atoms. The normalized spacial score (nSPS) is 13.1. The Morgan fingerprint density at radius 2 is 1.80 bits per heavy atom. The van der Waals surface area contributed by atoms with Crippen molar-refractivity contribution in [3.05, 3.63) is 89.2 Å². The summed E-state index contributed by atoms with van der Waals surface area (Å²) in [5, 5.41) is 9.60. The van der Waals surface area contributed by atoms with Gasteiger partial charge in [0.15, 0.2) is 5.82 Å². The Bertz CT molecular complexity index is 1290. The van der Waals surface area contributed by atoms with Crippen molar-refractivity contribution in [1.29, 1.82) is 0 Å². The summed E-state index contributed by atoms with van der Waals surface area (Å²) in [6.07, 6.45) is 4.55. The van der Waals surface area contributed by atoms with E-state index in [-0.39, 0.29) is 23.7 Å². The molecule has 1 aliphatic carbocycles. The molecule has 1 aromatic heterocycles. The lowest BCUT2D eigenvalue weighted by Crippen LogP contribution is -2.15. The number of carbonyl (C=O) groups excluding carboxylic acids is 2. The van der Waals surface area contributed by atoms with Crippen molar-refractivity contribution in [2.24, 2.45) is 0 Å². The van der Waals surface area contributed by atoms with Gasteiger partial charge in [0.25, 0.3) is 5.91 Å². The van der Waals surface area contributed by atoms with Crippen molar-refractivity contribution in [2.75, 3.05) is 17.7 Å². The number of aromatic nitrogens is 1. The van der Waals surface area contributed by atoms with E-state index in [1.165, 1.54) is 0 Å². The van der Waals surface area contributed by atoms with E-state index in [1.54, 1.807) is 25.3 Å². The molecule has 1 heterocycles. The maximum Gasteiger partial charge on any atom is 0.251 e. The van der Waals surface area contributed by atoms with Gasteiger partial charge in [-0.05, 0) is 41.0 Å². The number of nitrogens with one attached hydrogen (secondary N) is 2. The fourth-order valence-electron chi connectivity index (χ4n) is 3.68. The van der Waals surface area contributed by atoms with Gasteiger partial charge in [0.1, 0.15) is 11.5 Å². The van der Waals surface area contributed by atoms with Crippen LogP contribution in [0.1, 0.15) is 44.1 Å². The molecule has 2 N–H and O–H groups in total. The second-order valence-electron chi connectivity index (χ2n) is 9.49. The van der Waals surface area contributed by atoms with E-state index in [0.717, 1.165) is 22.4 Å². The first-order valence-corrected chi connectivity index (χ1v) is 11.4. The van der Waals surface area contributed by atoms with Crippen molar-refractivity contribution in [3.63, 3.8) is 0 Å². The highest BCUT2D eigenvalue weighted by Gasteiger charge is 2.20. The number of hydrogen-bond donors (Lipinski definition) is 2. The fourth-order valence-corrected chi connectivity index (χ4v) is 3.68. The van der Waals surface area contributed by atoms with Gasteiger partial charge in [-0.15, -0.1) is 0 Å². The number of anilines is 2. The lowest BCUT2D eigenvalue weighted by molar-refractivity contribution is -0.115. The summed E-state index contributed by atoms with van der Waals surface area (Å²) in [5.41, 5.74) is 4.09. The van der Waals surface area contributed by atoms with Gasteiger partial charge < -0.3 is 19.9 Å². The molecule has 0 atom stereocenters. The molecular weight excluding hydrogens is 442 g/mol. The summed E-state index contributed by atoms with van der Waals surface area (Å²) in [5.74, 6) is 1.55. The molecule has 0 saturated heterocycles. The van der Waals surface area contributed by atoms with E-state index in [1.807, 2.05) is 69.3 Å². The molecule has 0 fully saturated rings. The van der Waals surface area contributed by atoms with Gasteiger partial charge in [-0.3, -0.25) is 9.59 Å². The van der Waals surface area contributed by atoms with Crippen molar-refractivity contribution >= 4 is 28.9 Å². The Balaban J connectivity index is 1.28. The number of methoxy groups -OCH3 is 1. The highest BCUT2D eigenvalue weighted by Crippen LogP contribution is 2.30. The van der Waals surface area contributed by atoms with Crippen LogP contribution in [0.2, 0.25) is 0 Å². The van der Waals surface area contributed by atoms with Crippen LogP contribution in [0.4, 0.5) is 11.5 Å². The third kappa shape index (κ3) is 6.06. The first-order chi connectivity index (χ1) is 16.7. The minimum absolute atomic E-state index is 0.148. The van der Waals surface area contributed by atoms with Gasteiger partial charge in [-0.25, -0.2) is 0 Å². The molecule has 0 unspecified atom stereocenters. The number of allylic oxidation sites excluding steroid dienone is 3. The predicted molar refractivity (Wildman–Crippen MR) is 136 cm³/mol. The van der Waals surface area contributed by atoms with Gasteiger partial charge in [0.05, 0.1) is 13.5 Å². The number of amides is 2. The number of nitrogens with zero attached hydrogens (tertiary/aromatic N) is 1. The molecule has 4 rings (SSSR count). The quantitative estimate of drug-likeness (QED) is 0.474. The summed E-state index contributed by atoms with van der Waals surface area (Å²) in [6, 6.07) is 16.8. The summed E-state index contributed by atoms with van der Waals surface area (Å²) >= 11 is 0. The standard InChI is InChI=1S/C28H29N3O4/c1-28(2,3)24-17-25(31-35-24)30-26(32)14-18-8-12-22(13-9-18)29-27(33)21-11-10-20(15-21)19-6-5-7-23(16-19)34-4/h5-13,16-17H,14-15H2,1-4H3,(H,29,33)(H,30,31,32). The Morgan fingerprint density at radius 1 is 1.03 bits per heavy atom. The van der Waals surface area contributed by atoms with Crippen molar-refractivity contribution in [2.45, 2.75) is 39.0 Å². The molecule has 0 radical (unpaired) electrons. The van der Waals surface area contributed by atoms with Crippen molar-refractivity contribution < 1.29 is 18.8 Å². The average Bonchev–Trinajstić information content (AvgIpc) is 3.50. The van der Waals surface area contributed by atoms with Crippen LogP contribution >= 0.6 is 0 Å². The highest BCUT2D eigenvalue weighted by molar-refractivity contribution is 6.06. The minimum Gasteiger partial charge on any atom is -0.497 e. The monoisotopic (exact) mass is 471 g/mol. The van der Waals surface area contributed by atoms with Crippen LogP contribution in [0.25, 0.3) is 5.57 Å². The summed E-state index contributed by atoms with van der Waals surface area (Å²) in [4.78, 5) is 25.1. The van der Waals surface area contributed by atoms with Gasteiger partial charge in [0.2, 0.25) is 5.91 Å². The lowest BCUT2D eigenvalue weighted by atomic mass is 9.93. The second kappa shape index (κ2) is 10.0. The predicted octanol–water partition coefficient (Wildman–Crippen LogP) is 5.51. The summed E-state index contributed by atoms with van der Waals surface area (Å²) < 4.78 is 10.6. The first kappa shape index (κ1) is 24.0. The molecule has 2 amide bonds. The number of carbonyl (C=O) groups is 2. The average molecular weight is 472 g/mol. The number of benzene rings is 2. The molecule has 180 valence electrons. The van der Waals surface area contributed by atoms with Gasteiger partial charge in [0, 0.05) is 29.2 Å². The van der Waals surface area contributed by atoms with Gasteiger partial charge >= 0.3 is 0 Å². The topological polar surface area (TPSA) is 93.5 Å². The Kier molecular flexibility index (Phi) is 6.87. The maximum atomic E-state index is 12.7. The van der Waals surface area contributed by atoms with E-state index in [2.05, 4.69) is 15.8 Å². The Hall–Kier alpha value is -4.13. The van der Waals surface area contributed by atoms with Gasteiger partial charge in [-0.1, -0.05) is 62.3 Å². The number of hydrogen-bond acceptors (Lipinski definition) is 5. The maximum absolute atomic E-state index is 12.7. The van der Waals surface area contributed by atoms with E-state index < -0.39 is 0 Å². The molecule has 7 heteroatoms. The SMILES string of the molecule is COc1cccc(C2=CC=C(C(=O)Nc3ccc(CC(=O)Nc4cc(C(C)(C)C)on4)cc3)C2)c1. The van der Waals surface area contributed by atoms with E-state index in [9.17, 15) is 9.59 Å². The molecule has 1 aliphatic rings. The lowest BCUT2D eigenvalue weighted by Gasteiger charge is -2.12. The van der Waals surface area contributed by atoms with Crippen LogP contribution in [0.3, 0.4) is 0 Å². The zero-order valence-electron chi connectivity index (χ0n) is 20.3. The molecule has 0 spiro atoms. The van der Waals surface area contributed by atoms with E-state index in [4.69, 9.17) is 9.26 Å². The largest absolute Gasteiger partial charge is 0.497 e. The third-order valence-corrected chi connectivity index (χ3v) is 5.69. The van der Waals surface area contributed by atoms with Crippen molar-refractivity contribution in [3.8, 4) is 5.75 Å². The summed E-state index contributed by atoms with van der Waals surface area (Å²) in [7, 11) is 1.64. The van der Waals surface area contributed by atoms with Crippen molar-refractivity contribution in [1.82, 2.24) is 5.16 Å². The molecule has 0 aliphatic heterocycles.